The van der Waals surface area contributed by atoms with Gasteiger partial charge in [-0.15, -0.1) is 0 Å². The smallest absolute Gasteiger partial charge is 0.328 e. The molecule has 13 heteroatoms. The number of H-pyrrole nitrogens is 1. The molecular weight excluding hydrogens is 372 g/mol. The quantitative estimate of drug-likeness (QED) is 0.0983. The van der Waals surface area contributed by atoms with Crippen molar-refractivity contribution in [2.45, 2.75) is 37.4 Å². The van der Waals surface area contributed by atoms with Crippen LogP contribution in [0.15, 0.2) is 17.5 Å². The molecule has 1 aromatic rings. The highest BCUT2D eigenvalue weighted by Crippen LogP contribution is 2.02. The van der Waals surface area contributed by atoms with E-state index in [0.717, 1.165) is 0 Å². The number of carbonyl (C=O) groups is 3. The Morgan fingerprint density at radius 1 is 1.21 bits per heavy atom. The molecule has 2 amide bonds. The highest BCUT2D eigenvalue weighted by molar-refractivity contribution is 5.91. The molecule has 0 aliphatic heterocycles. The van der Waals surface area contributed by atoms with Crippen molar-refractivity contribution >= 4 is 23.7 Å². The first-order valence-corrected chi connectivity index (χ1v) is 8.47. The summed E-state index contributed by atoms with van der Waals surface area (Å²) in [5, 5.41) is 22.7. The van der Waals surface area contributed by atoms with E-state index in [9.17, 15) is 14.4 Å². The Kier molecular flexibility index (Phi) is 9.39. The number of carboxylic acids is 1. The largest absolute Gasteiger partial charge is 0.480 e. The number of amides is 2. The number of nitrogens with zero attached hydrogens (tertiary/aromatic N) is 2. The monoisotopic (exact) mass is 398 g/mol. The number of aliphatic carboxylic acids is 1. The molecule has 11 N–H and O–H groups in total. The van der Waals surface area contributed by atoms with Crippen molar-refractivity contribution in [3.63, 3.8) is 0 Å². The zero-order chi connectivity index (χ0) is 21.1. The van der Waals surface area contributed by atoms with Gasteiger partial charge in [0.05, 0.1) is 19.0 Å². The van der Waals surface area contributed by atoms with Crippen LogP contribution in [0.3, 0.4) is 0 Å². The van der Waals surface area contributed by atoms with Crippen LogP contribution in [0.1, 0.15) is 18.5 Å². The summed E-state index contributed by atoms with van der Waals surface area (Å²) in [4.78, 5) is 46.1. The molecule has 0 aliphatic rings. The van der Waals surface area contributed by atoms with Crippen LogP contribution >= 0.6 is 0 Å². The maximum atomic E-state index is 12.4. The van der Waals surface area contributed by atoms with Crippen LogP contribution < -0.4 is 27.8 Å². The third-order valence-corrected chi connectivity index (χ3v) is 3.71. The molecule has 0 radical (unpaired) electrons. The maximum Gasteiger partial charge on any atom is 0.328 e. The summed E-state index contributed by atoms with van der Waals surface area (Å²) in [5.74, 6) is -2.84. The molecule has 13 nitrogen and oxygen atoms in total. The third kappa shape index (κ3) is 8.01. The lowest BCUT2D eigenvalue weighted by Gasteiger charge is -2.22. The van der Waals surface area contributed by atoms with Gasteiger partial charge in [-0.05, 0) is 12.8 Å². The number of carbonyl (C=O) groups excluding carboxylic acids is 2. The summed E-state index contributed by atoms with van der Waals surface area (Å²) in [7, 11) is 0. The minimum absolute atomic E-state index is 0.0239. The topological polar surface area (TPSA) is 235 Å². The summed E-state index contributed by atoms with van der Waals surface area (Å²) < 4.78 is 0. The fourth-order valence-corrected chi connectivity index (χ4v) is 2.21. The highest BCUT2D eigenvalue weighted by atomic mass is 16.4. The predicted molar refractivity (Wildman–Crippen MR) is 98.8 cm³/mol. The zero-order valence-electron chi connectivity index (χ0n) is 15.2. The van der Waals surface area contributed by atoms with Gasteiger partial charge in [-0.1, -0.05) is 0 Å². The molecule has 1 heterocycles. The second-order valence-corrected chi connectivity index (χ2v) is 5.98. The van der Waals surface area contributed by atoms with Crippen molar-refractivity contribution in [2.75, 3.05) is 13.2 Å². The number of carboxylic acid groups (broad SMARTS) is 1. The lowest BCUT2D eigenvalue weighted by molar-refractivity contribution is -0.143. The zero-order valence-corrected chi connectivity index (χ0v) is 15.2. The number of imidazole rings is 1. The fraction of sp³-hybridized carbons (Fsp3) is 0.533. The second kappa shape index (κ2) is 11.5. The lowest BCUT2D eigenvalue weighted by Crippen LogP contribution is -2.55. The van der Waals surface area contributed by atoms with E-state index >= 15 is 0 Å². The fourth-order valence-electron chi connectivity index (χ4n) is 2.21. The summed E-state index contributed by atoms with van der Waals surface area (Å²) in [6, 6.07) is -3.54. The van der Waals surface area contributed by atoms with Gasteiger partial charge in [-0.2, -0.15) is 0 Å². The van der Waals surface area contributed by atoms with Crippen LogP contribution in [0.25, 0.3) is 0 Å². The maximum absolute atomic E-state index is 12.4. The average molecular weight is 398 g/mol. The minimum atomic E-state index is -1.50. The first-order valence-electron chi connectivity index (χ1n) is 8.47. The number of aromatic amines is 1. The number of hydrogen-bond donors (Lipinski definition) is 8. The van der Waals surface area contributed by atoms with Crippen LogP contribution in [0.4, 0.5) is 0 Å². The summed E-state index contributed by atoms with van der Waals surface area (Å²) in [6.07, 6.45) is 3.61. The molecule has 0 aliphatic carbocycles. The van der Waals surface area contributed by atoms with Gasteiger partial charge >= 0.3 is 5.97 Å². The average Bonchev–Trinajstić information content (AvgIpc) is 3.14. The predicted octanol–water partition coefficient (Wildman–Crippen LogP) is -3.62. The van der Waals surface area contributed by atoms with Crippen LogP contribution in [-0.4, -0.2) is 75.2 Å². The first kappa shape index (κ1) is 22.9. The van der Waals surface area contributed by atoms with Gasteiger partial charge in [0.15, 0.2) is 5.96 Å². The third-order valence-electron chi connectivity index (χ3n) is 3.71. The Labute approximate surface area is 160 Å². The molecule has 1 rings (SSSR count). The van der Waals surface area contributed by atoms with Crippen LogP contribution in [0.5, 0.6) is 0 Å². The van der Waals surface area contributed by atoms with Gasteiger partial charge in [0.1, 0.15) is 12.1 Å². The van der Waals surface area contributed by atoms with E-state index in [2.05, 4.69) is 25.6 Å². The number of aliphatic hydroxyl groups is 1. The van der Waals surface area contributed by atoms with E-state index < -0.39 is 42.5 Å². The van der Waals surface area contributed by atoms with Crippen molar-refractivity contribution < 1.29 is 24.6 Å². The molecule has 0 saturated heterocycles. The van der Waals surface area contributed by atoms with Gasteiger partial charge in [0.2, 0.25) is 11.8 Å². The minimum Gasteiger partial charge on any atom is -0.480 e. The Morgan fingerprint density at radius 3 is 2.43 bits per heavy atom. The van der Waals surface area contributed by atoms with E-state index in [1.54, 1.807) is 0 Å². The number of nitrogens with one attached hydrogen (secondary N) is 3. The summed E-state index contributed by atoms with van der Waals surface area (Å²) >= 11 is 0. The van der Waals surface area contributed by atoms with Crippen molar-refractivity contribution in [1.29, 1.82) is 0 Å². The number of aliphatic hydroxyl groups excluding tert-OH is 1. The van der Waals surface area contributed by atoms with E-state index in [0.29, 0.717) is 18.7 Å². The molecule has 156 valence electrons. The number of aliphatic imine (C=N–C) groups is 1. The number of nitrogens with two attached hydrogens (primary N) is 3. The van der Waals surface area contributed by atoms with Crippen molar-refractivity contribution in [3.05, 3.63) is 18.2 Å². The number of hydrogen-bond acceptors (Lipinski definition) is 7. The van der Waals surface area contributed by atoms with Crippen molar-refractivity contribution in [1.82, 2.24) is 20.6 Å². The standard InChI is InChI=1S/C15H26N8O5/c16-9(2-1-3-20-15(17)18)12(25)22-10(4-8-5-19-7-21-8)13(26)23-11(6-24)14(27)28/h5,7,9-11,24H,1-4,6,16H2,(H,19,21)(H,22,25)(H,23,26)(H,27,28)(H4,17,18,20)/t9-,10-,11-/m0/s1. The molecule has 3 atom stereocenters. The van der Waals surface area contributed by atoms with Crippen LogP contribution in [0.2, 0.25) is 0 Å². The summed E-state index contributed by atoms with van der Waals surface area (Å²) in [5.41, 5.74) is 16.8. The van der Waals surface area contributed by atoms with Gasteiger partial charge in [-0.25, -0.2) is 9.78 Å². The molecule has 0 aromatic carbocycles. The van der Waals surface area contributed by atoms with Gasteiger partial charge in [0.25, 0.3) is 0 Å². The number of rotatable bonds is 12. The Hall–Kier alpha value is -3.19. The second-order valence-electron chi connectivity index (χ2n) is 5.98. The summed E-state index contributed by atoms with van der Waals surface area (Å²) in [6.45, 7) is -0.492. The molecule has 0 saturated carbocycles. The molecular formula is C15H26N8O5. The Morgan fingerprint density at radius 2 is 1.89 bits per heavy atom. The number of guanidine groups is 1. The highest BCUT2D eigenvalue weighted by Gasteiger charge is 2.28. The van der Waals surface area contributed by atoms with E-state index in [1.165, 1.54) is 12.5 Å². The van der Waals surface area contributed by atoms with Gasteiger partial charge in [0, 0.05) is 24.9 Å². The van der Waals surface area contributed by atoms with E-state index in [4.69, 9.17) is 27.4 Å². The molecule has 0 bridgehead atoms. The van der Waals surface area contributed by atoms with Crippen molar-refractivity contribution in [3.8, 4) is 0 Å². The van der Waals surface area contributed by atoms with Gasteiger partial charge < -0.3 is 43.0 Å². The number of aromatic nitrogens is 2. The van der Waals surface area contributed by atoms with Crippen LogP contribution in [-0.2, 0) is 20.8 Å². The van der Waals surface area contributed by atoms with Crippen LogP contribution in [0, 0.1) is 0 Å². The van der Waals surface area contributed by atoms with Crippen molar-refractivity contribution in [2.24, 2.45) is 22.2 Å². The SMILES string of the molecule is NC(N)=NCCC[C@H](N)C(=O)N[C@@H](Cc1cnc[nH]1)C(=O)N[C@@H](CO)C(=O)O. The molecule has 0 spiro atoms. The van der Waals surface area contributed by atoms with E-state index in [-0.39, 0.29) is 18.8 Å². The molecule has 0 fully saturated rings. The normalized spacial score (nSPS) is 13.8. The molecule has 28 heavy (non-hydrogen) atoms. The molecule has 1 aromatic heterocycles. The molecule has 0 unspecified atom stereocenters. The van der Waals surface area contributed by atoms with Gasteiger partial charge in [-0.3, -0.25) is 14.6 Å². The van der Waals surface area contributed by atoms with E-state index in [1.807, 2.05) is 0 Å². The Balaban J connectivity index is 2.73. The Bertz CT molecular complexity index is 674. The lowest BCUT2D eigenvalue weighted by atomic mass is 10.1. The first-order chi connectivity index (χ1) is 13.2.